The monoisotopic (exact) mass is 927 g/mol. The maximum absolute atomic E-state index is 12.9. The normalized spacial score (nSPS) is 12.0. The summed E-state index contributed by atoms with van der Waals surface area (Å²) in [5.74, 6) is -0.695. The first-order chi connectivity index (χ1) is 32.4. The Morgan fingerprint density at radius 1 is 0.288 bits per heavy atom. The molecule has 6 nitrogen and oxygen atoms in total. The van der Waals surface area contributed by atoms with Gasteiger partial charge in [-0.3, -0.25) is 14.4 Å². The van der Waals surface area contributed by atoms with Crippen molar-refractivity contribution in [1.82, 2.24) is 0 Å². The van der Waals surface area contributed by atoms with Gasteiger partial charge in [-0.1, -0.05) is 218 Å². The quantitative estimate of drug-likeness (QED) is 0.0262. The lowest BCUT2D eigenvalue weighted by molar-refractivity contribution is -0.162. The topological polar surface area (TPSA) is 78.9 Å². The van der Waals surface area contributed by atoms with E-state index in [0.717, 1.165) is 77.0 Å². The summed E-state index contributed by atoms with van der Waals surface area (Å²) in [5, 5.41) is 0. The van der Waals surface area contributed by atoms with Crippen LogP contribution in [0, 0.1) is 5.41 Å². The molecule has 0 fully saturated rings. The molecule has 0 spiro atoms. The van der Waals surface area contributed by atoms with Gasteiger partial charge in [-0.15, -0.1) is 0 Å². The Labute approximate surface area is 410 Å². The van der Waals surface area contributed by atoms with Crippen molar-refractivity contribution in [3.63, 3.8) is 0 Å². The number of esters is 3. The first-order valence-corrected chi connectivity index (χ1v) is 28.8. The highest BCUT2D eigenvalue weighted by Crippen LogP contribution is 2.26. The van der Waals surface area contributed by atoms with Gasteiger partial charge < -0.3 is 14.2 Å². The van der Waals surface area contributed by atoms with E-state index in [4.69, 9.17) is 14.2 Å². The zero-order chi connectivity index (χ0) is 48.1. The summed E-state index contributed by atoms with van der Waals surface area (Å²) >= 11 is 0. The maximum Gasteiger partial charge on any atom is 0.305 e. The molecule has 0 aromatic heterocycles. The van der Waals surface area contributed by atoms with Crippen LogP contribution in [0.25, 0.3) is 0 Å². The number of hydrogen-bond acceptors (Lipinski definition) is 6. The average Bonchev–Trinajstić information content (AvgIpc) is 3.32. The van der Waals surface area contributed by atoms with Gasteiger partial charge in [-0.05, 0) is 103 Å². The van der Waals surface area contributed by atoms with Gasteiger partial charge in [0.1, 0.15) is 19.8 Å². The molecular formula is C60H110O6. The fourth-order valence-electron chi connectivity index (χ4n) is 8.37. The Morgan fingerprint density at radius 3 is 0.697 bits per heavy atom. The fraction of sp³-hybridized carbons (Fsp3) is 0.850. The number of ether oxygens (including phenoxy) is 3. The molecule has 6 heteroatoms. The highest BCUT2D eigenvalue weighted by Gasteiger charge is 2.34. The van der Waals surface area contributed by atoms with E-state index in [0.29, 0.717) is 25.7 Å². The first-order valence-electron chi connectivity index (χ1n) is 28.8. The molecule has 0 heterocycles. The summed E-state index contributed by atoms with van der Waals surface area (Å²) in [6, 6.07) is 0. The molecule has 0 bridgehead atoms. The van der Waals surface area contributed by atoms with Crippen LogP contribution in [0.4, 0.5) is 0 Å². The molecule has 0 atom stereocenters. The second kappa shape index (κ2) is 52.0. The maximum atomic E-state index is 12.9. The minimum absolute atomic E-state index is 0.0782. The summed E-state index contributed by atoms with van der Waals surface area (Å²) in [5.41, 5.74) is -0.755. The van der Waals surface area contributed by atoms with Gasteiger partial charge in [-0.25, -0.2) is 0 Å². The van der Waals surface area contributed by atoms with Gasteiger partial charge in [0.25, 0.3) is 0 Å². The number of carbonyl (C=O) groups is 3. The molecule has 386 valence electrons. The average molecular weight is 928 g/mol. The second-order valence-corrected chi connectivity index (χ2v) is 19.8. The van der Waals surface area contributed by atoms with Crippen LogP contribution in [-0.4, -0.2) is 37.7 Å². The number of rotatable bonds is 52. The molecule has 0 radical (unpaired) electrons. The Bertz CT molecular complexity index is 1000. The van der Waals surface area contributed by atoms with Crippen LogP contribution >= 0.6 is 0 Å². The lowest BCUT2D eigenvalue weighted by Gasteiger charge is -2.31. The summed E-state index contributed by atoms with van der Waals surface area (Å²) < 4.78 is 17.5. The first kappa shape index (κ1) is 63.6. The third-order valence-corrected chi connectivity index (χ3v) is 13.3. The molecule has 0 saturated heterocycles. The van der Waals surface area contributed by atoms with Crippen molar-refractivity contribution in [2.24, 2.45) is 5.41 Å². The molecule has 0 aliphatic rings. The molecule has 0 unspecified atom stereocenters. The highest BCUT2D eigenvalue weighted by atomic mass is 16.6. The Kier molecular flexibility index (Phi) is 50.1. The predicted molar refractivity (Wildman–Crippen MR) is 284 cm³/mol. The Hall–Kier alpha value is -2.37. The van der Waals surface area contributed by atoms with Crippen LogP contribution in [0.15, 0.2) is 36.5 Å². The van der Waals surface area contributed by atoms with E-state index in [2.05, 4.69) is 57.2 Å². The summed E-state index contributed by atoms with van der Waals surface area (Å²) in [6.07, 6.45) is 63.0. The Morgan fingerprint density at radius 2 is 0.485 bits per heavy atom. The van der Waals surface area contributed by atoms with Crippen LogP contribution < -0.4 is 0 Å². The molecule has 0 rings (SSSR count). The molecule has 0 aromatic carbocycles. The zero-order valence-corrected chi connectivity index (χ0v) is 44.4. The number of carbonyl (C=O) groups excluding carboxylic acids is 3. The van der Waals surface area contributed by atoms with Gasteiger partial charge >= 0.3 is 17.9 Å². The molecular weight excluding hydrogens is 817 g/mol. The Balaban J connectivity index is 4.62. The van der Waals surface area contributed by atoms with Crippen molar-refractivity contribution in [3.8, 4) is 0 Å². The van der Waals surface area contributed by atoms with E-state index in [1.165, 1.54) is 173 Å². The number of unbranched alkanes of at least 4 members (excludes halogenated alkanes) is 33. The third kappa shape index (κ3) is 46.7. The van der Waals surface area contributed by atoms with Crippen molar-refractivity contribution in [3.05, 3.63) is 36.5 Å². The van der Waals surface area contributed by atoms with Crippen molar-refractivity contribution < 1.29 is 28.6 Å². The highest BCUT2D eigenvalue weighted by molar-refractivity contribution is 5.70. The van der Waals surface area contributed by atoms with Crippen LogP contribution in [-0.2, 0) is 28.6 Å². The minimum Gasteiger partial charge on any atom is -0.465 e. The largest absolute Gasteiger partial charge is 0.465 e. The van der Waals surface area contributed by atoms with Crippen molar-refractivity contribution in [1.29, 1.82) is 0 Å². The van der Waals surface area contributed by atoms with E-state index < -0.39 is 5.41 Å². The van der Waals surface area contributed by atoms with Crippen LogP contribution in [0.5, 0.6) is 0 Å². The van der Waals surface area contributed by atoms with E-state index in [9.17, 15) is 14.4 Å². The molecule has 0 aliphatic carbocycles. The lowest BCUT2D eigenvalue weighted by atomic mass is 9.88. The zero-order valence-electron chi connectivity index (χ0n) is 44.4. The molecule has 0 N–H and O–H groups in total. The molecule has 0 amide bonds. The third-order valence-electron chi connectivity index (χ3n) is 13.3. The van der Waals surface area contributed by atoms with Crippen molar-refractivity contribution >= 4 is 17.9 Å². The fourth-order valence-corrected chi connectivity index (χ4v) is 8.37. The van der Waals surface area contributed by atoms with Gasteiger partial charge in [0.2, 0.25) is 0 Å². The van der Waals surface area contributed by atoms with Crippen LogP contribution in [0.1, 0.15) is 304 Å². The second-order valence-electron chi connectivity index (χ2n) is 19.8. The van der Waals surface area contributed by atoms with Crippen LogP contribution in [0.2, 0.25) is 0 Å². The van der Waals surface area contributed by atoms with Crippen molar-refractivity contribution in [2.45, 2.75) is 304 Å². The van der Waals surface area contributed by atoms with E-state index >= 15 is 0 Å². The molecule has 0 aliphatic heterocycles. The predicted octanol–water partition coefficient (Wildman–Crippen LogP) is 19.1. The van der Waals surface area contributed by atoms with Crippen LogP contribution in [0.3, 0.4) is 0 Å². The molecule has 0 aromatic rings. The SMILES string of the molecule is CCCCCCCC/C=C\CCCCCCCC(=O)OCC(CC)(COC(=O)CCCCCCC/C=C\CCCCCCCC)COC(=O)CCCCCCC/C=C/CCCCCCCC. The smallest absolute Gasteiger partial charge is 0.305 e. The standard InChI is InChI=1S/C60H110O6/c1-5-9-12-15-18-21-24-27-30-33-36-39-42-45-48-51-57(61)64-54-60(8-4,55-65-58(62)52-49-46-43-40-37-34-31-28-25-22-19-16-13-10-6-2)56-66-59(63)53-50-47-44-41-38-35-32-29-26-23-20-17-14-11-7-3/h27-32H,5-26,33-56H2,1-4H3/b30-27-,31-28-,32-29+. The van der Waals surface area contributed by atoms with E-state index in [1.807, 2.05) is 6.92 Å². The summed E-state index contributed by atoms with van der Waals surface area (Å²) in [4.78, 5) is 38.7. The van der Waals surface area contributed by atoms with Gasteiger partial charge in [0.15, 0.2) is 0 Å². The van der Waals surface area contributed by atoms with Crippen molar-refractivity contribution in [2.75, 3.05) is 19.8 Å². The summed E-state index contributed by atoms with van der Waals surface area (Å²) in [6.45, 7) is 9.02. The molecule has 66 heavy (non-hydrogen) atoms. The van der Waals surface area contributed by atoms with Gasteiger partial charge in [0, 0.05) is 19.3 Å². The number of hydrogen-bond donors (Lipinski definition) is 0. The summed E-state index contributed by atoms with van der Waals surface area (Å²) in [7, 11) is 0. The van der Waals surface area contributed by atoms with Gasteiger partial charge in [-0.2, -0.15) is 0 Å². The minimum atomic E-state index is -0.755. The lowest BCUT2D eigenvalue weighted by Crippen LogP contribution is -2.39. The van der Waals surface area contributed by atoms with E-state index in [1.54, 1.807) is 0 Å². The van der Waals surface area contributed by atoms with Gasteiger partial charge in [0.05, 0.1) is 5.41 Å². The number of allylic oxidation sites excluding steroid dienone is 6. The van der Waals surface area contributed by atoms with E-state index in [-0.39, 0.29) is 37.7 Å². The molecule has 0 saturated carbocycles.